The van der Waals surface area contributed by atoms with Crippen LogP contribution in [0.5, 0.6) is 0 Å². The van der Waals surface area contributed by atoms with E-state index in [9.17, 15) is 14.9 Å². The van der Waals surface area contributed by atoms with Crippen LogP contribution >= 0.6 is 0 Å². The van der Waals surface area contributed by atoms with Gasteiger partial charge in [-0.05, 0) is 28.5 Å². The lowest BCUT2D eigenvalue weighted by Gasteiger charge is -2.04. The van der Waals surface area contributed by atoms with Crippen molar-refractivity contribution in [2.75, 3.05) is 11.9 Å². The number of hydrogen-bond acceptors (Lipinski definition) is 5. The van der Waals surface area contributed by atoms with Gasteiger partial charge in [0, 0.05) is 13.0 Å². The van der Waals surface area contributed by atoms with E-state index in [1.54, 1.807) is 6.07 Å². The van der Waals surface area contributed by atoms with Gasteiger partial charge in [-0.15, -0.1) is 0 Å². The first-order valence-electron chi connectivity index (χ1n) is 4.66. The number of aliphatic carboxylic acids is 1. The molecule has 0 bridgehead atoms. The summed E-state index contributed by atoms with van der Waals surface area (Å²) in [7, 11) is 0. The monoisotopic (exact) mass is 225 g/mol. The fourth-order valence-corrected chi connectivity index (χ4v) is 1.14. The second kappa shape index (κ2) is 5.64. The number of carboxylic acid groups (broad SMARTS) is 1. The van der Waals surface area contributed by atoms with E-state index in [4.69, 9.17) is 5.11 Å². The molecule has 7 heteroatoms. The van der Waals surface area contributed by atoms with Gasteiger partial charge in [0.15, 0.2) is 0 Å². The maximum atomic E-state index is 10.6. The Morgan fingerprint density at radius 1 is 1.62 bits per heavy atom. The van der Waals surface area contributed by atoms with Crippen LogP contribution in [0.15, 0.2) is 18.3 Å². The molecule has 0 amide bonds. The van der Waals surface area contributed by atoms with Crippen LogP contribution in [0.3, 0.4) is 0 Å². The number of nitrogens with one attached hydrogen (secondary N) is 1. The molecule has 0 saturated carbocycles. The van der Waals surface area contributed by atoms with Gasteiger partial charge in [0.2, 0.25) is 0 Å². The number of hydrogen-bond donors (Lipinski definition) is 2. The molecule has 1 aromatic heterocycles. The average molecular weight is 225 g/mol. The van der Waals surface area contributed by atoms with E-state index in [2.05, 4.69) is 10.3 Å². The maximum absolute atomic E-state index is 10.6. The predicted octanol–water partition coefficient (Wildman–Crippen LogP) is 1.27. The number of carbonyl (C=O) groups is 1. The summed E-state index contributed by atoms with van der Waals surface area (Å²) >= 11 is 0. The molecule has 1 heterocycles. The van der Waals surface area contributed by atoms with Gasteiger partial charge in [0.05, 0.1) is 0 Å². The summed E-state index contributed by atoms with van der Waals surface area (Å²) < 4.78 is 0. The highest BCUT2D eigenvalue weighted by molar-refractivity contribution is 5.66. The van der Waals surface area contributed by atoms with E-state index in [1.807, 2.05) is 0 Å². The number of carboxylic acids is 1. The zero-order valence-electron chi connectivity index (χ0n) is 8.42. The third-order valence-electron chi connectivity index (χ3n) is 1.84. The average Bonchev–Trinajstić information content (AvgIpc) is 2.24. The summed E-state index contributed by atoms with van der Waals surface area (Å²) in [5.41, 5.74) is 0.304. The SMILES string of the molecule is O=C(O)CCCNc1cccnc1[N+](=O)[O-]. The quantitative estimate of drug-likeness (QED) is 0.429. The summed E-state index contributed by atoms with van der Waals surface area (Å²) in [6.07, 6.45) is 1.77. The van der Waals surface area contributed by atoms with Crippen LogP contribution in [-0.4, -0.2) is 27.5 Å². The maximum Gasteiger partial charge on any atom is 0.386 e. The molecule has 0 radical (unpaired) electrons. The van der Waals surface area contributed by atoms with Crippen LogP contribution in [0, 0.1) is 10.1 Å². The van der Waals surface area contributed by atoms with E-state index in [0.29, 0.717) is 18.7 Å². The standard InChI is InChI=1S/C9H11N3O4/c13-8(14)4-2-5-10-7-3-1-6-11-9(7)12(15)16/h1,3,6,10H,2,4-5H2,(H,13,14). The lowest BCUT2D eigenvalue weighted by Crippen LogP contribution is -2.07. The van der Waals surface area contributed by atoms with Crippen LogP contribution in [0.2, 0.25) is 0 Å². The number of rotatable bonds is 6. The third-order valence-corrected chi connectivity index (χ3v) is 1.84. The Bertz CT molecular complexity index is 394. The second-order valence-corrected chi connectivity index (χ2v) is 3.06. The molecule has 16 heavy (non-hydrogen) atoms. The van der Waals surface area contributed by atoms with Gasteiger partial charge in [0.1, 0.15) is 11.9 Å². The zero-order valence-corrected chi connectivity index (χ0v) is 8.42. The summed E-state index contributed by atoms with van der Waals surface area (Å²) in [6, 6.07) is 3.11. The molecule has 0 unspecified atom stereocenters. The zero-order chi connectivity index (χ0) is 12.0. The largest absolute Gasteiger partial charge is 0.481 e. The summed E-state index contributed by atoms with van der Waals surface area (Å²) in [4.78, 5) is 23.8. The van der Waals surface area contributed by atoms with Crippen molar-refractivity contribution in [1.82, 2.24) is 4.98 Å². The summed E-state index contributed by atoms with van der Waals surface area (Å²) in [5, 5.41) is 21.8. The molecule has 0 aliphatic heterocycles. The molecule has 86 valence electrons. The molecular weight excluding hydrogens is 214 g/mol. The van der Waals surface area contributed by atoms with Gasteiger partial charge in [0.25, 0.3) is 0 Å². The molecule has 1 aromatic rings. The van der Waals surface area contributed by atoms with Gasteiger partial charge in [-0.25, -0.2) is 0 Å². The summed E-state index contributed by atoms with van der Waals surface area (Å²) in [5.74, 6) is -1.14. The van der Waals surface area contributed by atoms with Crippen molar-refractivity contribution in [2.24, 2.45) is 0 Å². The highest BCUT2D eigenvalue weighted by atomic mass is 16.6. The predicted molar refractivity (Wildman–Crippen MR) is 56.3 cm³/mol. The number of anilines is 1. The van der Waals surface area contributed by atoms with Crippen LogP contribution in [0.1, 0.15) is 12.8 Å². The van der Waals surface area contributed by atoms with Gasteiger partial charge in [-0.3, -0.25) is 4.79 Å². The van der Waals surface area contributed by atoms with Crippen molar-refractivity contribution in [1.29, 1.82) is 0 Å². The normalized spacial score (nSPS) is 9.75. The molecule has 7 nitrogen and oxygen atoms in total. The smallest absolute Gasteiger partial charge is 0.386 e. The van der Waals surface area contributed by atoms with E-state index in [-0.39, 0.29) is 12.2 Å². The lowest BCUT2D eigenvalue weighted by molar-refractivity contribution is -0.388. The van der Waals surface area contributed by atoms with E-state index in [0.717, 1.165) is 0 Å². The Hall–Kier alpha value is -2.18. The van der Waals surface area contributed by atoms with Crippen LogP contribution in [0.4, 0.5) is 11.5 Å². The molecule has 0 aliphatic carbocycles. The Kier molecular flexibility index (Phi) is 4.19. The molecule has 1 rings (SSSR count). The number of pyridine rings is 1. The Labute approximate surface area is 91.3 Å². The molecule has 0 fully saturated rings. The first-order valence-corrected chi connectivity index (χ1v) is 4.66. The van der Waals surface area contributed by atoms with Crippen molar-refractivity contribution in [3.8, 4) is 0 Å². The number of nitro groups is 1. The highest BCUT2D eigenvalue weighted by Gasteiger charge is 2.12. The van der Waals surface area contributed by atoms with Gasteiger partial charge >= 0.3 is 11.8 Å². The molecule has 0 aromatic carbocycles. The second-order valence-electron chi connectivity index (χ2n) is 3.06. The minimum atomic E-state index is -0.887. The Balaban J connectivity index is 2.53. The Morgan fingerprint density at radius 3 is 3.00 bits per heavy atom. The van der Waals surface area contributed by atoms with Crippen molar-refractivity contribution in [2.45, 2.75) is 12.8 Å². The number of nitrogens with zero attached hydrogens (tertiary/aromatic N) is 2. The highest BCUT2D eigenvalue weighted by Crippen LogP contribution is 2.19. The van der Waals surface area contributed by atoms with Gasteiger partial charge in [-0.1, -0.05) is 0 Å². The minimum absolute atomic E-state index is 0.0288. The molecule has 0 saturated heterocycles. The molecular formula is C9H11N3O4. The first-order chi connectivity index (χ1) is 7.61. The van der Waals surface area contributed by atoms with Gasteiger partial charge < -0.3 is 20.5 Å². The van der Waals surface area contributed by atoms with E-state index in [1.165, 1.54) is 12.3 Å². The van der Waals surface area contributed by atoms with Crippen LogP contribution < -0.4 is 5.32 Å². The van der Waals surface area contributed by atoms with Crippen molar-refractivity contribution < 1.29 is 14.8 Å². The molecule has 0 aliphatic rings. The fraction of sp³-hybridized carbons (Fsp3) is 0.333. The third kappa shape index (κ3) is 3.52. The fourth-order valence-electron chi connectivity index (χ4n) is 1.14. The molecule has 0 atom stereocenters. The first kappa shape index (κ1) is 11.9. The van der Waals surface area contributed by atoms with E-state index >= 15 is 0 Å². The molecule has 2 N–H and O–H groups in total. The summed E-state index contributed by atoms with van der Waals surface area (Å²) in [6.45, 7) is 0.360. The van der Waals surface area contributed by atoms with Crippen molar-refractivity contribution in [3.05, 3.63) is 28.4 Å². The topological polar surface area (TPSA) is 105 Å². The lowest BCUT2D eigenvalue weighted by atomic mass is 10.3. The van der Waals surface area contributed by atoms with Gasteiger partial charge in [-0.2, -0.15) is 0 Å². The van der Waals surface area contributed by atoms with E-state index < -0.39 is 10.9 Å². The molecule has 0 spiro atoms. The number of aromatic nitrogens is 1. The van der Waals surface area contributed by atoms with Crippen LogP contribution in [-0.2, 0) is 4.79 Å². The minimum Gasteiger partial charge on any atom is -0.481 e. The van der Waals surface area contributed by atoms with Crippen molar-refractivity contribution >= 4 is 17.5 Å². The van der Waals surface area contributed by atoms with Crippen molar-refractivity contribution in [3.63, 3.8) is 0 Å². The Morgan fingerprint density at radius 2 is 2.38 bits per heavy atom. The van der Waals surface area contributed by atoms with Crippen LogP contribution in [0.25, 0.3) is 0 Å².